The summed E-state index contributed by atoms with van der Waals surface area (Å²) in [5, 5.41) is 0. The van der Waals surface area contributed by atoms with Gasteiger partial charge in [-0.05, 0) is 54.7 Å². The molecule has 0 saturated carbocycles. The van der Waals surface area contributed by atoms with Crippen LogP contribution in [0.1, 0.15) is 41.1 Å². The van der Waals surface area contributed by atoms with Crippen LogP contribution in [0.2, 0.25) is 0 Å². The van der Waals surface area contributed by atoms with Crippen molar-refractivity contribution in [2.45, 2.75) is 34.1 Å². The minimum Gasteiger partial charge on any atom is -0.335 e. The van der Waals surface area contributed by atoms with Gasteiger partial charge in [0.1, 0.15) is 0 Å². The second kappa shape index (κ2) is 12.5. The third-order valence-electron chi connectivity index (χ3n) is 5.17. The van der Waals surface area contributed by atoms with Gasteiger partial charge in [-0.1, -0.05) is 68.1 Å². The number of pyridine rings is 2. The van der Waals surface area contributed by atoms with E-state index in [0.717, 1.165) is 33.6 Å². The second-order valence-corrected chi connectivity index (χ2v) is 7.86. The van der Waals surface area contributed by atoms with Crippen LogP contribution >= 0.6 is 0 Å². The van der Waals surface area contributed by atoms with Crippen molar-refractivity contribution >= 4 is 11.4 Å². The first-order valence-electron chi connectivity index (χ1n) is 10.7. The van der Waals surface area contributed by atoms with Gasteiger partial charge in [-0.3, -0.25) is 9.59 Å². The average Bonchev–Trinajstić information content (AvgIpc) is 2.80. The summed E-state index contributed by atoms with van der Waals surface area (Å²) in [6.07, 6.45) is 1.29. The van der Waals surface area contributed by atoms with Crippen LogP contribution in [-0.2, 0) is 12.8 Å². The predicted molar refractivity (Wildman–Crippen MR) is 141 cm³/mol. The van der Waals surface area contributed by atoms with Crippen LogP contribution in [0.5, 0.6) is 0 Å². The largest absolute Gasteiger partial charge is 0.335 e. The molecule has 0 radical (unpaired) electrons. The van der Waals surface area contributed by atoms with Crippen LogP contribution in [-0.4, -0.2) is 9.97 Å². The molecule has 0 aliphatic rings. The number of nitrogens with zero attached hydrogens (tertiary/aromatic N) is 2. The Hall–Kier alpha value is -4.68. The van der Waals surface area contributed by atoms with E-state index in [-0.39, 0.29) is 29.9 Å². The lowest BCUT2D eigenvalue weighted by Gasteiger charge is -2.05. The highest BCUT2D eigenvalue weighted by atomic mass is 16.1. The topological polar surface area (TPSA) is 74.4 Å². The van der Waals surface area contributed by atoms with Gasteiger partial charge in [-0.25, -0.2) is 9.69 Å². The second-order valence-electron chi connectivity index (χ2n) is 7.86. The lowest BCUT2D eigenvalue weighted by atomic mass is 10.0. The van der Waals surface area contributed by atoms with Crippen LogP contribution < -0.4 is 11.1 Å². The molecule has 0 amide bonds. The molecule has 0 saturated heterocycles. The maximum absolute atomic E-state index is 11.6. The predicted octanol–water partition coefficient (Wildman–Crippen LogP) is 6.29. The number of aromatic amines is 2. The maximum atomic E-state index is 11.6. The summed E-state index contributed by atoms with van der Waals surface area (Å²) < 4.78 is 0. The van der Waals surface area contributed by atoms with E-state index in [1.165, 1.54) is 0 Å². The zero-order valence-corrected chi connectivity index (χ0v) is 19.1. The molecule has 0 aliphatic heterocycles. The summed E-state index contributed by atoms with van der Waals surface area (Å²) in [4.78, 5) is 35.2. The Balaban J connectivity index is 0.000000240. The van der Waals surface area contributed by atoms with E-state index in [0.29, 0.717) is 12.8 Å². The van der Waals surface area contributed by atoms with E-state index in [4.69, 9.17) is 13.1 Å². The molecule has 2 aromatic heterocycles. The van der Waals surface area contributed by atoms with E-state index < -0.39 is 0 Å². The molecule has 4 aromatic rings. The van der Waals surface area contributed by atoms with E-state index in [1.54, 1.807) is 6.92 Å². The van der Waals surface area contributed by atoms with Crippen molar-refractivity contribution in [3.05, 3.63) is 150 Å². The SMILES string of the molecule is C.[C-]#[N+]c1c(C)cc(Cc2ccccc2)[nH]c1=O.[C-]#[N+]c1c(Cc2ccccc2)cc(C)[nH]c1=O. The third-order valence-corrected chi connectivity index (χ3v) is 5.17. The summed E-state index contributed by atoms with van der Waals surface area (Å²) in [6.45, 7) is 17.6. The van der Waals surface area contributed by atoms with Gasteiger partial charge in [-0.2, -0.15) is 0 Å². The van der Waals surface area contributed by atoms with Crippen molar-refractivity contribution in [2.75, 3.05) is 0 Å². The molecule has 2 aromatic carbocycles. The van der Waals surface area contributed by atoms with Crippen molar-refractivity contribution < 1.29 is 0 Å². The summed E-state index contributed by atoms with van der Waals surface area (Å²) in [7, 11) is 0. The zero-order chi connectivity index (χ0) is 24.5. The summed E-state index contributed by atoms with van der Waals surface area (Å²) in [5.41, 5.74) is 5.15. The number of benzene rings is 2. The maximum Gasteiger partial charge on any atom is 0.254 e. The molecular formula is C29H28N4O2. The Bertz CT molecular complexity index is 1470. The minimum atomic E-state index is -0.300. The van der Waals surface area contributed by atoms with Crippen LogP contribution in [0.15, 0.2) is 82.4 Å². The summed E-state index contributed by atoms with van der Waals surface area (Å²) in [6, 6.07) is 23.5. The van der Waals surface area contributed by atoms with Gasteiger partial charge >= 0.3 is 0 Å². The third kappa shape index (κ3) is 7.15. The first-order valence-corrected chi connectivity index (χ1v) is 10.7. The van der Waals surface area contributed by atoms with E-state index in [9.17, 15) is 9.59 Å². The fourth-order valence-electron chi connectivity index (χ4n) is 3.62. The summed E-state index contributed by atoms with van der Waals surface area (Å²) >= 11 is 0. The molecule has 0 fully saturated rings. The Morgan fingerprint density at radius 1 is 0.714 bits per heavy atom. The van der Waals surface area contributed by atoms with Crippen LogP contribution in [0.25, 0.3) is 9.69 Å². The highest BCUT2D eigenvalue weighted by Crippen LogP contribution is 2.18. The van der Waals surface area contributed by atoms with E-state index in [2.05, 4.69) is 19.7 Å². The molecule has 0 bridgehead atoms. The molecule has 0 unspecified atom stereocenters. The van der Waals surface area contributed by atoms with E-state index >= 15 is 0 Å². The highest BCUT2D eigenvalue weighted by Gasteiger charge is 2.09. The summed E-state index contributed by atoms with van der Waals surface area (Å²) in [5.74, 6) is 0. The molecule has 4 rings (SSSR count). The standard InChI is InChI=1S/2C14H12N2O.CH4/c1-10-8-12(13(15-2)14(17)16-10)9-11-6-4-3-5-7-11;1-10-8-12(16-14(17)13(10)15-2)9-11-6-4-3-5-7-11;/h2*3-8H,9H2,1H3,(H,16,17);1H4. The Kier molecular flexibility index (Phi) is 9.51. The number of nitrogens with one attached hydrogen (secondary N) is 2. The Labute approximate surface area is 205 Å². The molecule has 0 aliphatic carbocycles. The minimum absolute atomic E-state index is 0. The molecule has 6 nitrogen and oxygen atoms in total. The average molecular weight is 465 g/mol. The normalized spacial score (nSPS) is 9.60. The number of rotatable bonds is 4. The molecule has 0 spiro atoms. The molecule has 35 heavy (non-hydrogen) atoms. The Morgan fingerprint density at radius 2 is 1.23 bits per heavy atom. The van der Waals surface area contributed by atoms with Gasteiger partial charge in [0.15, 0.2) is 0 Å². The van der Waals surface area contributed by atoms with Gasteiger partial charge in [-0.15, -0.1) is 0 Å². The Morgan fingerprint density at radius 3 is 1.74 bits per heavy atom. The number of hydrogen-bond donors (Lipinski definition) is 2. The molecule has 2 N–H and O–H groups in total. The van der Waals surface area contributed by atoms with Crippen LogP contribution in [0.3, 0.4) is 0 Å². The van der Waals surface area contributed by atoms with Gasteiger partial charge in [0, 0.05) is 17.8 Å². The lowest BCUT2D eigenvalue weighted by Crippen LogP contribution is -2.09. The number of hydrogen-bond acceptors (Lipinski definition) is 2. The fourth-order valence-corrected chi connectivity index (χ4v) is 3.62. The van der Waals surface area contributed by atoms with Crippen LogP contribution in [0, 0.1) is 27.0 Å². The number of aryl methyl sites for hydroxylation is 2. The van der Waals surface area contributed by atoms with Crippen molar-refractivity contribution in [2.24, 2.45) is 0 Å². The monoisotopic (exact) mass is 464 g/mol. The van der Waals surface area contributed by atoms with Crippen molar-refractivity contribution in [1.29, 1.82) is 0 Å². The highest BCUT2D eigenvalue weighted by molar-refractivity contribution is 5.52. The first kappa shape index (κ1) is 26.6. The number of aromatic nitrogens is 2. The number of H-pyrrole nitrogens is 2. The zero-order valence-electron chi connectivity index (χ0n) is 19.1. The lowest BCUT2D eigenvalue weighted by molar-refractivity contribution is 1.04. The quantitative estimate of drug-likeness (QED) is 0.349. The van der Waals surface area contributed by atoms with E-state index in [1.807, 2.05) is 79.7 Å². The van der Waals surface area contributed by atoms with Crippen molar-refractivity contribution in [3.63, 3.8) is 0 Å². The van der Waals surface area contributed by atoms with Gasteiger partial charge < -0.3 is 9.97 Å². The first-order chi connectivity index (χ1) is 16.4. The molecule has 6 heteroatoms. The van der Waals surface area contributed by atoms with Gasteiger partial charge in [0.25, 0.3) is 22.5 Å². The molecule has 0 atom stereocenters. The van der Waals surface area contributed by atoms with Crippen LogP contribution in [0.4, 0.5) is 11.4 Å². The molecule has 2 heterocycles. The van der Waals surface area contributed by atoms with Gasteiger partial charge in [0.2, 0.25) is 0 Å². The van der Waals surface area contributed by atoms with Gasteiger partial charge in [0.05, 0.1) is 13.1 Å². The fraction of sp³-hybridized carbons (Fsp3) is 0.172. The van der Waals surface area contributed by atoms with Crippen molar-refractivity contribution in [3.8, 4) is 0 Å². The molecular weight excluding hydrogens is 436 g/mol. The smallest absolute Gasteiger partial charge is 0.254 e. The molecule has 176 valence electrons. The van der Waals surface area contributed by atoms with Crippen molar-refractivity contribution in [1.82, 2.24) is 9.97 Å².